The highest BCUT2D eigenvalue weighted by atomic mass is 16.6. The van der Waals surface area contributed by atoms with Crippen LogP contribution in [0.1, 0.15) is 38.3 Å². The second-order valence-corrected chi connectivity index (χ2v) is 6.95. The second kappa shape index (κ2) is 12.1. The van der Waals surface area contributed by atoms with Crippen molar-refractivity contribution in [2.24, 2.45) is 10.7 Å². The van der Waals surface area contributed by atoms with Gasteiger partial charge in [0.15, 0.2) is 17.5 Å². The highest BCUT2D eigenvalue weighted by Gasteiger charge is 2.15. The van der Waals surface area contributed by atoms with Gasteiger partial charge in [0.25, 0.3) is 0 Å². The maximum atomic E-state index is 12.1. The SMILES string of the molecule is CCC(CC#N)OC(=O)N[C@@H](C)c1cccc(NC(N)=Nc2ccc(OC)c(OC)c2)c1. The van der Waals surface area contributed by atoms with Gasteiger partial charge in [-0.25, -0.2) is 9.79 Å². The summed E-state index contributed by atoms with van der Waals surface area (Å²) >= 11 is 0. The number of hydrogen-bond acceptors (Lipinski definition) is 6. The first-order chi connectivity index (χ1) is 15.4. The molecule has 0 radical (unpaired) electrons. The van der Waals surface area contributed by atoms with Crippen LogP contribution in [-0.2, 0) is 4.74 Å². The summed E-state index contributed by atoms with van der Waals surface area (Å²) in [4.78, 5) is 16.5. The maximum Gasteiger partial charge on any atom is 0.407 e. The van der Waals surface area contributed by atoms with Gasteiger partial charge in [0.05, 0.1) is 38.4 Å². The summed E-state index contributed by atoms with van der Waals surface area (Å²) in [7, 11) is 3.11. The highest BCUT2D eigenvalue weighted by Crippen LogP contribution is 2.31. The Balaban J connectivity index is 2.05. The van der Waals surface area contributed by atoms with Gasteiger partial charge in [-0.3, -0.25) is 0 Å². The molecule has 0 aliphatic rings. The molecule has 1 unspecified atom stereocenters. The second-order valence-electron chi connectivity index (χ2n) is 6.95. The molecule has 1 amide bonds. The van der Waals surface area contributed by atoms with Crippen molar-refractivity contribution in [3.63, 3.8) is 0 Å². The summed E-state index contributed by atoms with van der Waals surface area (Å²) in [5, 5.41) is 14.6. The van der Waals surface area contributed by atoms with E-state index in [0.29, 0.717) is 29.3 Å². The smallest absolute Gasteiger partial charge is 0.407 e. The Bertz CT molecular complexity index is 987. The van der Waals surface area contributed by atoms with Gasteiger partial charge < -0.3 is 30.6 Å². The molecule has 0 spiro atoms. The summed E-state index contributed by atoms with van der Waals surface area (Å²) in [6.45, 7) is 3.70. The number of anilines is 1. The first-order valence-electron chi connectivity index (χ1n) is 10.2. The van der Waals surface area contributed by atoms with Crippen LogP contribution in [0.3, 0.4) is 0 Å². The van der Waals surface area contributed by atoms with Crippen molar-refractivity contribution in [3.05, 3.63) is 48.0 Å². The number of alkyl carbamates (subject to hydrolysis) is 1. The molecule has 4 N–H and O–H groups in total. The lowest BCUT2D eigenvalue weighted by molar-refractivity contribution is 0.0950. The van der Waals surface area contributed by atoms with Gasteiger partial charge in [0, 0.05) is 11.8 Å². The molecule has 0 aliphatic carbocycles. The van der Waals surface area contributed by atoms with Crippen molar-refractivity contribution in [1.29, 1.82) is 5.26 Å². The molecular formula is C23H29N5O4. The van der Waals surface area contributed by atoms with E-state index in [2.05, 4.69) is 15.6 Å². The fraction of sp³-hybridized carbons (Fsp3) is 0.348. The third-order valence-corrected chi connectivity index (χ3v) is 4.66. The number of nitrogens with two attached hydrogens (primary N) is 1. The summed E-state index contributed by atoms with van der Waals surface area (Å²) in [6.07, 6.45) is -0.246. The van der Waals surface area contributed by atoms with E-state index in [0.717, 1.165) is 5.56 Å². The molecule has 0 saturated carbocycles. The van der Waals surface area contributed by atoms with Crippen molar-refractivity contribution in [2.45, 2.75) is 38.8 Å². The quantitative estimate of drug-likeness (QED) is 0.393. The fourth-order valence-corrected chi connectivity index (χ4v) is 2.91. The van der Waals surface area contributed by atoms with Crippen LogP contribution in [0, 0.1) is 11.3 Å². The molecule has 2 atom stereocenters. The van der Waals surface area contributed by atoms with Crippen LogP contribution in [0.15, 0.2) is 47.5 Å². The monoisotopic (exact) mass is 439 g/mol. The minimum atomic E-state index is -0.563. The number of nitrogens with one attached hydrogen (secondary N) is 2. The van der Waals surface area contributed by atoms with Crippen LogP contribution in [0.4, 0.5) is 16.2 Å². The zero-order chi connectivity index (χ0) is 23.5. The van der Waals surface area contributed by atoms with Crippen molar-refractivity contribution >= 4 is 23.4 Å². The first-order valence-corrected chi connectivity index (χ1v) is 10.2. The predicted octanol–water partition coefficient (Wildman–Crippen LogP) is 4.24. The van der Waals surface area contributed by atoms with Crippen molar-refractivity contribution in [1.82, 2.24) is 5.32 Å². The molecule has 0 saturated heterocycles. The Morgan fingerprint density at radius 2 is 1.94 bits per heavy atom. The molecule has 0 fully saturated rings. The average molecular weight is 440 g/mol. The number of amides is 1. The lowest BCUT2D eigenvalue weighted by Gasteiger charge is -2.18. The number of carbonyl (C=O) groups excluding carboxylic acids is 1. The van der Waals surface area contributed by atoms with E-state index < -0.39 is 12.2 Å². The number of benzene rings is 2. The number of rotatable bonds is 9. The molecule has 32 heavy (non-hydrogen) atoms. The van der Waals surface area contributed by atoms with E-state index in [1.54, 1.807) is 32.4 Å². The lowest BCUT2D eigenvalue weighted by Crippen LogP contribution is -2.31. The number of methoxy groups -OCH3 is 2. The van der Waals surface area contributed by atoms with Crippen molar-refractivity contribution < 1.29 is 19.0 Å². The Hall–Kier alpha value is -3.93. The Morgan fingerprint density at radius 3 is 2.59 bits per heavy atom. The van der Waals surface area contributed by atoms with Gasteiger partial charge in [-0.05, 0) is 43.2 Å². The lowest BCUT2D eigenvalue weighted by atomic mass is 10.1. The first kappa shape index (κ1) is 24.3. The molecule has 9 nitrogen and oxygen atoms in total. The van der Waals surface area contributed by atoms with Gasteiger partial charge >= 0.3 is 6.09 Å². The number of ether oxygens (including phenoxy) is 3. The summed E-state index contributed by atoms with van der Waals surface area (Å²) < 4.78 is 15.8. The van der Waals surface area contributed by atoms with Crippen LogP contribution < -0.4 is 25.8 Å². The molecule has 170 valence electrons. The Morgan fingerprint density at radius 1 is 1.19 bits per heavy atom. The standard InChI is InChI=1S/C23H29N5O4/c1-5-19(11-12-24)32-23(29)26-15(2)16-7-6-8-17(13-16)27-22(25)28-18-9-10-20(30-3)21(14-18)31-4/h6-10,13-15,19H,5,11H2,1-4H3,(H,26,29)(H3,25,27,28)/t15-,19?/m0/s1. The van der Waals surface area contributed by atoms with Gasteiger partial charge in [-0.15, -0.1) is 0 Å². The molecule has 2 aromatic carbocycles. The number of aliphatic imine (C=N–C) groups is 1. The zero-order valence-electron chi connectivity index (χ0n) is 18.7. The Kier molecular flexibility index (Phi) is 9.17. The molecule has 9 heteroatoms. The van der Waals surface area contributed by atoms with Gasteiger partial charge in [0.1, 0.15) is 6.10 Å². The topological polar surface area (TPSA) is 131 Å². The summed E-state index contributed by atoms with van der Waals surface area (Å²) in [6, 6.07) is 14.3. The number of hydrogen-bond donors (Lipinski definition) is 3. The average Bonchev–Trinajstić information content (AvgIpc) is 2.78. The molecule has 0 heterocycles. The maximum absolute atomic E-state index is 12.1. The number of nitriles is 1. The van der Waals surface area contributed by atoms with E-state index in [4.69, 9.17) is 25.2 Å². The minimum Gasteiger partial charge on any atom is -0.493 e. The molecule has 0 bridgehead atoms. The number of nitrogens with zero attached hydrogens (tertiary/aromatic N) is 2. The van der Waals surface area contributed by atoms with Crippen LogP contribution in [-0.4, -0.2) is 32.4 Å². The molecule has 0 aromatic heterocycles. The third kappa shape index (κ3) is 7.09. The normalized spacial score (nSPS) is 12.8. The van der Waals surface area contributed by atoms with Crippen LogP contribution >= 0.6 is 0 Å². The minimum absolute atomic E-state index is 0.163. The molecule has 2 aromatic rings. The molecule has 2 rings (SSSR count). The van der Waals surface area contributed by atoms with Gasteiger partial charge in [0.2, 0.25) is 0 Å². The van der Waals surface area contributed by atoms with E-state index >= 15 is 0 Å². The van der Waals surface area contributed by atoms with E-state index in [1.807, 2.05) is 44.2 Å². The van der Waals surface area contributed by atoms with E-state index in [-0.39, 0.29) is 18.4 Å². The molecular weight excluding hydrogens is 410 g/mol. The van der Waals surface area contributed by atoms with E-state index in [1.165, 1.54) is 0 Å². The number of guanidine groups is 1. The van der Waals surface area contributed by atoms with Crippen LogP contribution in [0.25, 0.3) is 0 Å². The fourth-order valence-electron chi connectivity index (χ4n) is 2.91. The van der Waals surface area contributed by atoms with Crippen LogP contribution in [0.5, 0.6) is 11.5 Å². The van der Waals surface area contributed by atoms with Gasteiger partial charge in [-0.2, -0.15) is 5.26 Å². The summed E-state index contributed by atoms with van der Waals surface area (Å²) in [5.74, 6) is 1.34. The van der Waals surface area contributed by atoms with E-state index in [9.17, 15) is 4.79 Å². The largest absolute Gasteiger partial charge is 0.493 e. The summed E-state index contributed by atoms with van der Waals surface area (Å²) in [5.41, 5.74) is 8.21. The van der Waals surface area contributed by atoms with Crippen molar-refractivity contribution in [2.75, 3.05) is 19.5 Å². The predicted molar refractivity (Wildman–Crippen MR) is 123 cm³/mol. The highest BCUT2D eigenvalue weighted by molar-refractivity contribution is 5.94. The third-order valence-electron chi connectivity index (χ3n) is 4.66. The van der Waals surface area contributed by atoms with Crippen LogP contribution in [0.2, 0.25) is 0 Å². The Labute approximate surface area is 188 Å². The zero-order valence-corrected chi connectivity index (χ0v) is 18.7. The van der Waals surface area contributed by atoms with Crippen molar-refractivity contribution in [3.8, 4) is 17.6 Å². The van der Waals surface area contributed by atoms with Gasteiger partial charge in [-0.1, -0.05) is 19.1 Å². The molecule has 0 aliphatic heterocycles. The number of carbonyl (C=O) groups is 1.